The molecule has 0 aliphatic carbocycles. The lowest BCUT2D eigenvalue weighted by molar-refractivity contribution is 0.983. The summed E-state index contributed by atoms with van der Waals surface area (Å²) in [5.74, 6) is 0.738. The van der Waals surface area contributed by atoms with Gasteiger partial charge in [-0.05, 0) is 0 Å². The van der Waals surface area contributed by atoms with Gasteiger partial charge in [-0.1, -0.05) is 41.7 Å². The van der Waals surface area contributed by atoms with E-state index in [2.05, 4.69) is 10.1 Å². The average Bonchev–Trinajstić information content (AvgIpc) is 2.76. The molecule has 15 heavy (non-hydrogen) atoms. The Balaban J connectivity index is 2.16. The van der Waals surface area contributed by atoms with Crippen LogP contribution in [-0.4, -0.2) is 14.6 Å². The van der Waals surface area contributed by atoms with Crippen LogP contribution in [0.25, 0.3) is 16.3 Å². The van der Waals surface area contributed by atoms with E-state index in [0.717, 1.165) is 21.3 Å². The lowest BCUT2D eigenvalue weighted by Gasteiger charge is -1.91. The van der Waals surface area contributed by atoms with E-state index in [-0.39, 0.29) is 0 Å². The van der Waals surface area contributed by atoms with E-state index in [4.69, 9.17) is 5.73 Å². The number of thiazole rings is 1. The second-order valence-electron chi connectivity index (χ2n) is 3.16. The van der Waals surface area contributed by atoms with Crippen LogP contribution >= 0.6 is 11.3 Å². The van der Waals surface area contributed by atoms with Crippen LogP contribution in [0.1, 0.15) is 0 Å². The maximum atomic E-state index is 5.64. The van der Waals surface area contributed by atoms with Gasteiger partial charge in [-0.25, -0.2) is 4.52 Å². The lowest BCUT2D eigenvalue weighted by atomic mass is 10.2. The minimum atomic E-state index is 0.726. The number of nitrogens with two attached hydrogens (primary N) is 1. The zero-order valence-electron chi connectivity index (χ0n) is 7.79. The second kappa shape index (κ2) is 3.06. The fourth-order valence-electron chi connectivity index (χ4n) is 1.42. The first kappa shape index (κ1) is 8.43. The molecule has 0 bridgehead atoms. The molecule has 5 heteroatoms. The number of aromatic nitrogens is 3. The number of nitrogens with zero attached hydrogens (tertiary/aromatic N) is 3. The van der Waals surface area contributed by atoms with Crippen molar-refractivity contribution in [3.05, 3.63) is 36.5 Å². The molecule has 2 aromatic heterocycles. The molecule has 0 unspecified atom stereocenters. The third-order valence-corrected chi connectivity index (χ3v) is 2.89. The van der Waals surface area contributed by atoms with Crippen LogP contribution in [0.15, 0.2) is 36.5 Å². The van der Waals surface area contributed by atoms with Gasteiger partial charge in [-0.2, -0.15) is 4.98 Å². The van der Waals surface area contributed by atoms with Crippen molar-refractivity contribution < 1.29 is 0 Å². The fraction of sp³-hybridized carbons (Fsp3) is 0. The predicted molar refractivity (Wildman–Crippen MR) is 60.7 cm³/mol. The van der Waals surface area contributed by atoms with Crippen LogP contribution in [0.3, 0.4) is 0 Å². The second-order valence-corrected chi connectivity index (χ2v) is 4.20. The van der Waals surface area contributed by atoms with Crippen molar-refractivity contribution in [2.75, 3.05) is 5.73 Å². The Morgan fingerprint density at radius 3 is 2.73 bits per heavy atom. The van der Waals surface area contributed by atoms with Crippen LogP contribution in [0.4, 0.5) is 5.00 Å². The summed E-state index contributed by atoms with van der Waals surface area (Å²) in [6.45, 7) is 0. The first-order chi connectivity index (χ1) is 7.33. The molecule has 0 aliphatic heterocycles. The molecule has 74 valence electrons. The Bertz CT molecular complexity index is 565. The SMILES string of the molecule is Nc1cn2nc(-c3ccccc3)nc2s1. The number of hydrogen-bond donors (Lipinski definition) is 1. The van der Waals surface area contributed by atoms with Crippen LogP contribution in [-0.2, 0) is 0 Å². The van der Waals surface area contributed by atoms with E-state index in [1.807, 2.05) is 30.3 Å². The minimum absolute atomic E-state index is 0.726. The van der Waals surface area contributed by atoms with E-state index in [0.29, 0.717) is 0 Å². The summed E-state index contributed by atoms with van der Waals surface area (Å²) < 4.78 is 1.71. The summed E-state index contributed by atoms with van der Waals surface area (Å²) >= 11 is 1.43. The molecule has 0 saturated heterocycles. The topological polar surface area (TPSA) is 56.2 Å². The third kappa shape index (κ3) is 1.37. The molecule has 0 spiro atoms. The predicted octanol–water partition coefficient (Wildman–Crippen LogP) is 2.04. The number of fused-ring (bicyclic) bond motifs is 1. The van der Waals surface area contributed by atoms with Crippen LogP contribution < -0.4 is 5.73 Å². The zero-order valence-corrected chi connectivity index (χ0v) is 8.61. The van der Waals surface area contributed by atoms with Gasteiger partial charge in [0.05, 0.1) is 6.20 Å². The zero-order chi connectivity index (χ0) is 10.3. The van der Waals surface area contributed by atoms with Gasteiger partial charge in [0.15, 0.2) is 5.82 Å². The first-order valence-electron chi connectivity index (χ1n) is 4.50. The largest absolute Gasteiger partial charge is 0.389 e. The van der Waals surface area contributed by atoms with Gasteiger partial charge in [-0.3, -0.25) is 0 Å². The molecule has 0 amide bonds. The van der Waals surface area contributed by atoms with Gasteiger partial charge in [-0.15, -0.1) is 5.10 Å². The number of hydrogen-bond acceptors (Lipinski definition) is 4. The smallest absolute Gasteiger partial charge is 0.214 e. The summed E-state index contributed by atoms with van der Waals surface area (Å²) in [6.07, 6.45) is 1.78. The quantitative estimate of drug-likeness (QED) is 0.677. The summed E-state index contributed by atoms with van der Waals surface area (Å²) in [5, 5.41) is 5.07. The van der Waals surface area contributed by atoms with Crippen LogP contribution in [0.2, 0.25) is 0 Å². The minimum Gasteiger partial charge on any atom is -0.389 e. The Kier molecular flexibility index (Phi) is 1.72. The van der Waals surface area contributed by atoms with E-state index >= 15 is 0 Å². The molecule has 0 atom stereocenters. The molecule has 2 N–H and O–H groups in total. The number of nitrogen functional groups attached to an aromatic ring is 1. The van der Waals surface area contributed by atoms with E-state index < -0.39 is 0 Å². The van der Waals surface area contributed by atoms with Gasteiger partial charge in [0.1, 0.15) is 5.00 Å². The van der Waals surface area contributed by atoms with Gasteiger partial charge < -0.3 is 5.73 Å². The normalized spacial score (nSPS) is 10.9. The van der Waals surface area contributed by atoms with Crippen molar-refractivity contribution in [1.29, 1.82) is 0 Å². The maximum absolute atomic E-state index is 5.64. The highest BCUT2D eigenvalue weighted by Gasteiger charge is 2.07. The average molecular weight is 216 g/mol. The summed E-state index contributed by atoms with van der Waals surface area (Å²) in [4.78, 5) is 5.22. The summed E-state index contributed by atoms with van der Waals surface area (Å²) in [5.41, 5.74) is 6.66. The van der Waals surface area contributed by atoms with Gasteiger partial charge in [0.2, 0.25) is 4.96 Å². The highest BCUT2D eigenvalue weighted by atomic mass is 32.1. The van der Waals surface area contributed by atoms with Gasteiger partial charge in [0, 0.05) is 5.56 Å². The molecule has 0 aliphatic rings. The third-order valence-electron chi connectivity index (χ3n) is 2.09. The van der Waals surface area contributed by atoms with Crippen molar-refractivity contribution in [2.24, 2.45) is 0 Å². The molecule has 0 radical (unpaired) electrons. The van der Waals surface area contributed by atoms with Crippen molar-refractivity contribution >= 4 is 21.3 Å². The molecule has 1 aromatic carbocycles. The Labute approximate surface area is 90.0 Å². The molecular weight excluding hydrogens is 208 g/mol. The van der Waals surface area contributed by atoms with Crippen LogP contribution in [0.5, 0.6) is 0 Å². The van der Waals surface area contributed by atoms with E-state index in [1.165, 1.54) is 11.3 Å². The van der Waals surface area contributed by atoms with Gasteiger partial charge >= 0.3 is 0 Å². The van der Waals surface area contributed by atoms with E-state index in [9.17, 15) is 0 Å². The van der Waals surface area contributed by atoms with E-state index in [1.54, 1.807) is 10.7 Å². The number of benzene rings is 1. The van der Waals surface area contributed by atoms with Crippen molar-refractivity contribution in [3.63, 3.8) is 0 Å². The van der Waals surface area contributed by atoms with Crippen molar-refractivity contribution in [1.82, 2.24) is 14.6 Å². The number of anilines is 1. The molecule has 0 fully saturated rings. The van der Waals surface area contributed by atoms with Crippen molar-refractivity contribution in [2.45, 2.75) is 0 Å². The fourth-order valence-corrected chi connectivity index (χ4v) is 2.11. The molecule has 2 heterocycles. The maximum Gasteiger partial charge on any atom is 0.214 e. The Morgan fingerprint density at radius 2 is 2.00 bits per heavy atom. The Hall–Kier alpha value is -1.88. The standard InChI is InChI=1S/C10H8N4S/c11-8-6-14-10(15-8)12-9(13-14)7-4-2-1-3-5-7/h1-6H,11H2. The monoisotopic (exact) mass is 216 g/mol. The van der Waals surface area contributed by atoms with Gasteiger partial charge in [0.25, 0.3) is 0 Å². The Morgan fingerprint density at radius 1 is 1.20 bits per heavy atom. The molecule has 0 saturated carbocycles. The molecule has 4 nitrogen and oxygen atoms in total. The highest BCUT2D eigenvalue weighted by molar-refractivity contribution is 7.20. The first-order valence-corrected chi connectivity index (χ1v) is 5.32. The molecule has 3 aromatic rings. The number of rotatable bonds is 1. The summed E-state index contributed by atoms with van der Waals surface area (Å²) in [7, 11) is 0. The summed E-state index contributed by atoms with van der Waals surface area (Å²) in [6, 6.07) is 9.89. The molecular formula is C10H8N4S. The molecule has 3 rings (SSSR count). The van der Waals surface area contributed by atoms with Crippen molar-refractivity contribution in [3.8, 4) is 11.4 Å². The lowest BCUT2D eigenvalue weighted by Crippen LogP contribution is -1.84. The highest BCUT2D eigenvalue weighted by Crippen LogP contribution is 2.21. The van der Waals surface area contributed by atoms with Crippen LogP contribution in [0, 0.1) is 0 Å².